The van der Waals surface area contributed by atoms with Gasteiger partial charge < -0.3 is 27.3 Å². The van der Waals surface area contributed by atoms with Gasteiger partial charge in [0.15, 0.2) is 5.82 Å². The molecule has 0 aliphatic heterocycles. The molecule has 0 aliphatic rings. The third kappa shape index (κ3) is 5.67. The molecular weight excluding hydrogens is 441 g/mol. The summed E-state index contributed by atoms with van der Waals surface area (Å²) in [4.78, 5) is 31.3. The summed E-state index contributed by atoms with van der Waals surface area (Å²) in [7, 11) is 0. The van der Waals surface area contributed by atoms with Gasteiger partial charge in [-0.25, -0.2) is 9.97 Å². The van der Waals surface area contributed by atoms with Gasteiger partial charge >= 0.3 is 6.18 Å². The SMILES string of the molecule is C[C@H](Nc1cc(C(N)=O)nc(-c2ccc(Oc3ccc(N)c(C(F)(F)F)c3)cc2)n1)C(N)=O. The standard InChI is InChI=1S/C21H19F3N6O3/c1-10(18(26)31)28-17-9-16(19(27)32)29-20(30-17)11-2-4-12(5-3-11)33-13-6-7-15(25)14(8-13)21(22,23)24/h2-10H,25H2,1H3,(H2,26,31)(H2,27,32)(H,28,29,30)/t10-/m0/s1. The Labute approximate surface area is 185 Å². The summed E-state index contributed by atoms with van der Waals surface area (Å²) in [5, 5.41) is 2.75. The maximum Gasteiger partial charge on any atom is 0.418 e. The molecule has 33 heavy (non-hydrogen) atoms. The van der Waals surface area contributed by atoms with Gasteiger partial charge in [0.1, 0.15) is 29.1 Å². The largest absolute Gasteiger partial charge is 0.457 e. The summed E-state index contributed by atoms with van der Waals surface area (Å²) in [5.41, 5.74) is 14.9. The van der Waals surface area contributed by atoms with Crippen LogP contribution in [0.2, 0.25) is 0 Å². The van der Waals surface area contributed by atoms with E-state index in [0.29, 0.717) is 5.56 Å². The van der Waals surface area contributed by atoms with Crippen LogP contribution < -0.4 is 27.3 Å². The number of ether oxygens (including phenoxy) is 1. The zero-order valence-corrected chi connectivity index (χ0v) is 17.2. The molecule has 0 fully saturated rings. The molecule has 0 bridgehead atoms. The van der Waals surface area contributed by atoms with Crippen molar-refractivity contribution < 1.29 is 27.5 Å². The maximum atomic E-state index is 13.0. The van der Waals surface area contributed by atoms with Crippen molar-refractivity contribution in [2.45, 2.75) is 19.1 Å². The first-order valence-electron chi connectivity index (χ1n) is 9.44. The molecule has 2 aromatic carbocycles. The number of aromatic nitrogens is 2. The van der Waals surface area contributed by atoms with Crippen LogP contribution in [0.25, 0.3) is 11.4 Å². The van der Waals surface area contributed by atoms with E-state index < -0.39 is 35.3 Å². The molecule has 7 N–H and O–H groups in total. The molecule has 2 amide bonds. The second-order valence-corrected chi connectivity index (χ2v) is 6.97. The first-order valence-corrected chi connectivity index (χ1v) is 9.44. The van der Waals surface area contributed by atoms with Crippen molar-refractivity contribution in [1.29, 1.82) is 0 Å². The van der Waals surface area contributed by atoms with E-state index in [9.17, 15) is 22.8 Å². The summed E-state index contributed by atoms with van der Waals surface area (Å²) in [6.07, 6.45) is -4.62. The highest BCUT2D eigenvalue weighted by molar-refractivity contribution is 5.92. The van der Waals surface area contributed by atoms with Gasteiger partial charge in [-0.3, -0.25) is 9.59 Å². The van der Waals surface area contributed by atoms with E-state index in [2.05, 4.69) is 15.3 Å². The number of benzene rings is 2. The van der Waals surface area contributed by atoms with Gasteiger partial charge in [-0.1, -0.05) is 0 Å². The molecule has 1 heterocycles. The van der Waals surface area contributed by atoms with Crippen LogP contribution in [0, 0.1) is 0 Å². The number of nitrogen functional groups attached to an aromatic ring is 1. The third-order valence-corrected chi connectivity index (χ3v) is 4.45. The molecule has 0 spiro atoms. The van der Waals surface area contributed by atoms with Gasteiger partial charge in [0.25, 0.3) is 5.91 Å². The van der Waals surface area contributed by atoms with E-state index in [1.165, 1.54) is 31.2 Å². The first-order chi connectivity index (χ1) is 15.4. The second kappa shape index (κ2) is 9.02. The average Bonchev–Trinajstić information content (AvgIpc) is 2.74. The van der Waals surface area contributed by atoms with Crippen LogP contribution in [0.15, 0.2) is 48.5 Å². The van der Waals surface area contributed by atoms with Gasteiger partial charge in [-0.2, -0.15) is 13.2 Å². The van der Waals surface area contributed by atoms with Gasteiger partial charge in [0.2, 0.25) is 5.91 Å². The van der Waals surface area contributed by atoms with E-state index in [4.69, 9.17) is 21.9 Å². The zero-order valence-electron chi connectivity index (χ0n) is 17.2. The number of primary amides is 2. The summed E-state index contributed by atoms with van der Waals surface area (Å²) in [6.45, 7) is 1.52. The highest BCUT2D eigenvalue weighted by Crippen LogP contribution is 2.37. The molecule has 9 nitrogen and oxygen atoms in total. The number of nitrogens with one attached hydrogen (secondary N) is 1. The van der Waals surface area contributed by atoms with Crippen LogP contribution in [0.4, 0.5) is 24.7 Å². The molecule has 1 atom stereocenters. The Balaban J connectivity index is 1.87. The Morgan fingerprint density at radius 2 is 1.64 bits per heavy atom. The molecule has 3 rings (SSSR count). The normalized spacial score (nSPS) is 12.1. The van der Waals surface area contributed by atoms with Crippen LogP contribution in [-0.2, 0) is 11.0 Å². The lowest BCUT2D eigenvalue weighted by atomic mass is 10.1. The van der Waals surface area contributed by atoms with E-state index in [1.807, 2.05) is 0 Å². The predicted octanol–water partition coefficient (Wildman–Crippen LogP) is 2.92. The number of amides is 2. The molecule has 0 unspecified atom stereocenters. The van der Waals surface area contributed by atoms with Crippen LogP contribution in [0.1, 0.15) is 23.0 Å². The van der Waals surface area contributed by atoms with E-state index in [0.717, 1.165) is 12.1 Å². The smallest absolute Gasteiger partial charge is 0.418 e. The van der Waals surface area contributed by atoms with Crippen LogP contribution >= 0.6 is 0 Å². The second-order valence-electron chi connectivity index (χ2n) is 6.97. The number of nitrogens with zero attached hydrogens (tertiary/aromatic N) is 2. The average molecular weight is 460 g/mol. The lowest BCUT2D eigenvalue weighted by Crippen LogP contribution is -2.33. The zero-order chi connectivity index (χ0) is 24.3. The highest BCUT2D eigenvalue weighted by Gasteiger charge is 2.33. The monoisotopic (exact) mass is 460 g/mol. The Bertz CT molecular complexity index is 1200. The number of hydrogen-bond acceptors (Lipinski definition) is 7. The number of carbonyl (C=O) groups is 2. The molecule has 0 saturated carbocycles. The fourth-order valence-electron chi connectivity index (χ4n) is 2.72. The predicted molar refractivity (Wildman–Crippen MR) is 114 cm³/mol. The van der Waals surface area contributed by atoms with Crippen LogP contribution in [0.5, 0.6) is 11.5 Å². The molecule has 1 aromatic heterocycles. The fraction of sp³-hybridized carbons (Fsp3) is 0.143. The molecule has 172 valence electrons. The number of hydrogen-bond donors (Lipinski definition) is 4. The highest BCUT2D eigenvalue weighted by atomic mass is 19.4. The van der Waals surface area contributed by atoms with E-state index in [-0.39, 0.29) is 28.8 Å². The van der Waals surface area contributed by atoms with E-state index >= 15 is 0 Å². The molecule has 3 aromatic rings. The minimum atomic E-state index is -4.62. The van der Waals surface area contributed by atoms with Crippen molar-refractivity contribution in [2.24, 2.45) is 11.5 Å². The Morgan fingerprint density at radius 3 is 2.21 bits per heavy atom. The lowest BCUT2D eigenvalue weighted by Gasteiger charge is -2.13. The van der Waals surface area contributed by atoms with Crippen molar-refractivity contribution in [2.75, 3.05) is 11.1 Å². The van der Waals surface area contributed by atoms with Crippen molar-refractivity contribution in [3.8, 4) is 22.9 Å². The molecule has 0 saturated heterocycles. The first kappa shape index (κ1) is 23.3. The minimum Gasteiger partial charge on any atom is -0.457 e. The Hall–Kier alpha value is -4.35. The summed E-state index contributed by atoms with van der Waals surface area (Å²) < 4.78 is 44.6. The topological polar surface area (TPSA) is 159 Å². The number of anilines is 2. The van der Waals surface area contributed by atoms with Crippen molar-refractivity contribution in [3.63, 3.8) is 0 Å². The molecule has 0 aliphatic carbocycles. The Morgan fingerprint density at radius 1 is 1.00 bits per heavy atom. The third-order valence-electron chi connectivity index (χ3n) is 4.45. The number of rotatable bonds is 7. The minimum absolute atomic E-state index is 0.0526. The molecular formula is C21H19F3N6O3. The number of carbonyl (C=O) groups excluding carboxylic acids is 2. The maximum absolute atomic E-state index is 13.0. The summed E-state index contributed by atoms with van der Waals surface area (Å²) in [5.74, 6) is -0.983. The summed E-state index contributed by atoms with van der Waals surface area (Å²) >= 11 is 0. The Kier molecular flexibility index (Phi) is 6.38. The van der Waals surface area contributed by atoms with Gasteiger partial charge in [0.05, 0.1) is 5.56 Å². The van der Waals surface area contributed by atoms with Gasteiger partial charge in [-0.05, 0) is 49.4 Å². The van der Waals surface area contributed by atoms with Gasteiger partial charge in [-0.15, -0.1) is 0 Å². The molecule has 0 radical (unpaired) electrons. The molecule has 12 heteroatoms. The summed E-state index contributed by atoms with van der Waals surface area (Å²) in [6, 6.07) is 9.79. The lowest BCUT2D eigenvalue weighted by molar-refractivity contribution is -0.137. The van der Waals surface area contributed by atoms with Crippen molar-refractivity contribution in [1.82, 2.24) is 9.97 Å². The fourth-order valence-corrected chi connectivity index (χ4v) is 2.72. The number of nitrogens with two attached hydrogens (primary N) is 3. The van der Waals surface area contributed by atoms with Crippen molar-refractivity contribution in [3.05, 3.63) is 59.8 Å². The number of alkyl halides is 3. The van der Waals surface area contributed by atoms with Crippen LogP contribution in [0.3, 0.4) is 0 Å². The van der Waals surface area contributed by atoms with Gasteiger partial charge in [0, 0.05) is 17.3 Å². The number of halogens is 3. The van der Waals surface area contributed by atoms with Crippen molar-refractivity contribution >= 4 is 23.3 Å². The van der Waals surface area contributed by atoms with E-state index in [1.54, 1.807) is 12.1 Å². The van der Waals surface area contributed by atoms with Crippen LogP contribution in [-0.4, -0.2) is 27.8 Å². The quantitative estimate of drug-likeness (QED) is 0.394.